The molecule has 0 fully saturated rings. The number of primary amides is 1. The van der Waals surface area contributed by atoms with E-state index in [9.17, 15) is 15.0 Å². The minimum Gasteiger partial charge on any atom is -0.395 e. The second-order valence-electron chi connectivity index (χ2n) is 6.59. The summed E-state index contributed by atoms with van der Waals surface area (Å²) in [4.78, 5) is 13.2. The van der Waals surface area contributed by atoms with Crippen LogP contribution in [-0.4, -0.2) is 46.8 Å². The molecule has 0 aromatic heterocycles. The first-order chi connectivity index (χ1) is 12.5. The van der Waals surface area contributed by atoms with Crippen molar-refractivity contribution in [3.8, 4) is 0 Å². The fourth-order valence-corrected chi connectivity index (χ4v) is 3.02. The predicted molar refractivity (Wildman–Crippen MR) is 103 cm³/mol. The molecule has 5 heteroatoms. The SMILES string of the molecule is C[C@@H](CCc1ccc(C(N)=O)cc1)N(CCO)C[C@H](O)c1ccccc1. The zero-order valence-corrected chi connectivity index (χ0v) is 15.2. The monoisotopic (exact) mass is 356 g/mol. The number of nitrogens with zero attached hydrogens (tertiary/aromatic N) is 1. The van der Waals surface area contributed by atoms with Gasteiger partial charge in [0.2, 0.25) is 5.91 Å². The third kappa shape index (κ3) is 5.95. The Morgan fingerprint density at radius 1 is 1.12 bits per heavy atom. The van der Waals surface area contributed by atoms with Gasteiger partial charge in [-0.15, -0.1) is 0 Å². The molecular formula is C21H28N2O3. The van der Waals surface area contributed by atoms with Crippen molar-refractivity contribution in [3.63, 3.8) is 0 Å². The van der Waals surface area contributed by atoms with Crippen molar-refractivity contribution in [2.24, 2.45) is 5.73 Å². The molecule has 0 aliphatic heterocycles. The summed E-state index contributed by atoms with van der Waals surface area (Å²) in [5.41, 5.74) is 7.78. The Morgan fingerprint density at radius 2 is 1.77 bits per heavy atom. The highest BCUT2D eigenvalue weighted by Crippen LogP contribution is 2.17. The molecule has 0 saturated heterocycles. The number of carbonyl (C=O) groups excluding carboxylic acids is 1. The van der Waals surface area contributed by atoms with E-state index in [4.69, 9.17) is 5.73 Å². The number of benzene rings is 2. The zero-order valence-electron chi connectivity index (χ0n) is 15.2. The Kier molecular flexibility index (Phi) is 7.78. The molecule has 0 radical (unpaired) electrons. The Hall–Kier alpha value is -2.21. The molecule has 0 aliphatic carbocycles. The number of rotatable bonds is 10. The van der Waals surface area contributed by atoms with E-state index in [-0.39, 0.29) is 12.6 Å². The van der Waals surface area contributed by atoms with Gasteiger partial charge in [0.25, 0.3) is 0 Å². The van der Waals surface area contributed by atoms with Gasteiger partial charge in [-0.3, -0.25) is 9.69 Å². The molecule has 0 saturated carbocycles. The van der Waals surface area contributed by atoms with Crippen molar-refractivity contribution in [1.29, 1.82) is 0 Å². The second kappa shape index (κ2) is 10.1. The van der Waals surface area contributed by atoms with Crippen LogP contribution in [0.2, 0.25) is 0 Å². The van der Waals surface area contributed by atoms with E-state index in [1.54, 1.807) is 12.1 Å². The highest BCUT2D eigenvalue weighted by atomic mass is 16.3. The number of aryl methyl sites for hydroxylation is 1. The molecule has 0 bridgehead atoms. The second-order valence-corrected chi connectivity index (χ2v) is 6.59. The number of nitrogens with two attached hydrogens (primary N) is 1. The van der Waals surface area contributed by atoms with E-state index in [0.717, 1.165) is 24.0 Å². The van der Waals surface area contributed by atoms with E-state index >= 15 is 0 Å². The third-order valence-electron chi connectivity index (χ3n) is 4.69. The van der Waals surface area contributed by atoms with Crippen LogP contribution < -0.4 is 5.73 Å². The maximum absolute atomic E-state index is 11.1. The average molecular weight is 356 g/mol. The summed E-state index contributed by atoms with van der Waals surface area (Å²) in [5.74, 6) is -0.422. The molecule has 0 spiro atoms. The van der Waals surface area contributed by atoms with Crippen molar-refractivity contribution in [2.45, 2.75) is 31.9 Å². The molecule has 5 nitrogen and oxygen atoms in total. The summed E-state index contributed by atoms with van der Waals surface area (Å²) in [6, 6.07) is 17.1. The minimum absolute atomic E-state index is 0.0547. The normalized spacial score (nSPS) is 13.5. The van der Waals surface area contributed by atoms with Gasteiger partial charge < -0.3 is 15.9 Å². The van der Waals surface area contributed by atoms with Crippen molar-refractivity contribution in [3.05, 3.63) is 71.3 Å². The van der Waals surface area contributed by atoms with Gasteiger partial charge in [0.15, 0.2) is 0 Å². The summed E-state index contributed by atoms with van der Waals surface area (Å²) in [7, 11) is 0. The number of hydrogen-bond acceptors (Lipinski definition) is 4. The number of hydrogen-bond donors (Lipinski definition) is 3. The lowest BCUT2D eigenvalue weighted by atomic mass is 10.0. The van der Waals surface area contributed by atoms with Gasteiger partial charge in [0.1, 0.15) is 0 Å². The fourth-order valence-electron chi connectivity index (χ4n) is 3.02. The van der Waals surface area contributed by atoms with E-state index in [2.05, 4.69) is 11.8 Å². The van der Waals surface area contributed by atoms with Crippen LogP contribution in [0.4, 0.5) is 0 Å². The maximum atomic E-state index is 11.1. The molecule has 0 aliphatic rings. The number of aliphatic hydroxyl groups excluding tert-OH is 2. The quantitative estimate of drug-likeness (QED) is 0.609. The largest absolute Gasteiger partial charge is 0.395 e. The standard InChI is InChI=1S/C21H28N2O3/c1-16(7-8-17-9-11-19(12-10-17)21(22)26)23(13-14-24)15-20(25)18-5-3-2-4-6-18/h2-6,9-12,16,20,24-25H,7-8,13-15H2,1H3,(H2,22,26)/t16-,20-/m0/s1. The van der Waals surface area contributed by atoms with E-state index < -0.39 is 12.0 Å². The molecule has 2 aromatic rings. The van der Waals surface area contributed by atoms with Gasteiger partial charge in [-0.1, -0.05) is 42.5 Å². The Bertz CT molecular complexity index is 673. The Morgan fingerprint density at radius 3 is 2.35 bits per heavy atom. The molecule has 1 amide bonds. The van der Waals surface area contributed by atoms with Crippen molar-refractivity contribution < 1.29 is 15.0 Å². The topological polar surface area (TPSA) is 86.8 Å². The summed E-state index contributed by atoms with van der Waals surface area (Å²) in [6.45, 7) is 3.16. The number of carbonyl (C=O) groups is 1. The van der Waals surface area contributed by atoms with Crippen LogP contribution in [0, 0.1) is 0 Å². The van der Waals surface area contributed by atoms with Gasteiger partial charge in [-0.05, 0) is 43.0 Å². The molecule has 4 N–H and O–H groups in total. The van der Waals surface area contributed by atoms with E-state index in [1.165, 1.54) is 0 Å². The summed E-state index contributed by atoms with van der Waals surface area (Å²) in [6.07, 6.45) is 1.15. The number of aliphatic hydroxyl groups is 2. The molecule has 2 aromatic carbocycles. The van der Waals surface area contributed by atoms with Crippen molar-refractivity contribution >= 4 is 5.91 Å². The lowest BCUT2D eigenvalue weighted by molar-refractivity contribution is 0.0749. The van der Waals surface area contributed by atoms with Gasteiger partial charge in [0.05, 0.1) is 12.7 Å². The highest BCUT2D eigenvalue weighted by Gasteiger charge is 2.18. The van der Waals surface area contributed by atoms with Crippen molar-refractivity contribution in [2.75, 3.05) is 19.7 Å². The van der Waals surface area contributed by atoms with Crippen LogP contribution in [0.25, 0.3) is 0 Å². The summed E-state index contributed by atoms with van der Waals surface area (Å²) >= 11 is 0. The summed E-state index contributed by atoms with van der Waals surface area (Å²) < 4.78 is 0. The van der Waals surface area contributed by atoms with Gasteiger partial charge in [-0.2, -0.15) is 0 Å². The first-order valence-corrected chi connectivity index (χ1v) is 8.98. The predicted octanol–water partition coefficient (Wildman–Crippen LogP) is 2.13. The summed E-state index contributed by atoms with van der Waals surface area (Å²) in [5, 5.41) is 19.8. The lowest BCUT2D eigenvalue weighted by Crippen LogP contribution is -2.38. The molecule has 0 heterocycles. The van der Waals surface area contributed by atoms with E-state index in [1.807, 2.05) is 42.5 Å². The molecule has 0 unspecified atom stereocenters. The molecule has 140 valence electrons. The highest BCUT2D eigenvalue weighted by molar-refractivity contribution is 5.92. The first-order valence-electron chi connectivity index (χ1n) is 8.98. The molecule has 2 atom stereocenters. The van der Waals surface area contributed by atoms with Crippen LogP contribution in [0.15, 0.2) is 54.6 Å². The third-order valence-corrected chi connectivity index (χ3v) is 4.69. The first kappa shape index (κ1) is 20.1. The van der Waals surface area contributed by atoms with Gasteiger partial charge >= 0.3 is 0 Å². The zero-order chi connectivity index (χ0) is 18.9. The van der Waals surface area contributed by atoms with Gasteiger partial charge in [0, 0.05) is 24.7 Å². The van der Waals surface area contributed by atoms with Crippen LogP contribution in [0.1, 0.15) is 40.9 Å². The number of amides is 1. The molecule has 26 heavy (non-hydrogen) atoms. The average Bonchev–Trinajstić information content (AvgIpc) is 2.66. The van der Waals surface area contributed by atoms with Crippen molar-refractivity contribution in [1.82, 2.24) is 4.90 Å². The Labute approximate surface area is 155 Å². The van der Waals surface area contributed by atoms with Crippen LogP contribution >= 0.6 is 0 Å². The Balaban J connectivity index is 1.92. The molecular weight excluding hydrogens is 328 g/mol. The van der Waals surface area contributed by atoms with E-state index in [0.29, 0.717) is 18.7 Å². The maximum Gasteiger partial charge on any atom is 0.248 e. The van der Waals surface area contributed by atoms with Crippen LogP contribution in [0.5, 0.6) is 0 Å². The smallest absolute Gasteiger partial charge is 0.248 e. The lowest BCUT2D eigenvalue weighted by Gasteiger charge is -2.30. The van der Waals surface area contributed by atoms with Gasteiger partial charge in [-0.25, -0.2) is 0 Å². The minimum atomic E-state index is -0.583. The van der Waals surface area contributed by atoms with Crippen LogP contribution in [0.3, 0.4) is 0 Å². The van der Waals surface area contributed by atoms with Crippen LogP contribution in [-0.2, 0) is 6.42 Å². The fraction of sp³-hybridized carbons (Fsp3) is 0.381. The molecule has 2 rings (SSSR count).